The quantitative estimate of drug-likeness (QED) is 0.635. The maximum Gasteiger partial charge on any atom is 0.261 e. The van der Waals surface area contributed by atoms with Gasteiger partial charge in [0, 0.05) is 44.7 Å². The fourth-order valence-electron chi connectivity index (χ4n) is 3.73. The minimum atomic E-state index is 0.0671. The molecule has 7 nitrogen and oxygen atoms in total. The molecule has 0 radical (unpaired) electrons. The molecule has 0 N–H and O–H groups in total. The first-order valence-electron chi connectivity index (χ1n) is 9.68. The lowest BCUT2D eigenvalue weighted by Crippen LogP contribution is -2.37. The number of benzene rings is 1. The van der Waals surface area contributed by atoms with E-state index in [1.807, 2.05) is 35.8 Å². The van der Waals surface area contributed by atoms with Gasteiger partial charge in [-0.3, -0.25) is 9.36 Å². The topological polar surface area (TPSA) is 73.1 Å². The number of aromatic nitrogens is 4. The van der Waals surface area contributed by atoms with Gasteiger partial charge in [0.2, 0.25) is 5.13 Å². The van der Waals surface area contributed by atoms with Crippen molar-refractivity contribution in [1.82, 2.24) is 18.9 Å². The van der Waals surface area contributed by atoms with Gasteiger partial charge < -0.3 is 9.64 Å². The standard InChI is InChI=1S/C20H25N5O2S/c1-14-21-17-6-4-3-5-16(17)19(26)25(14)13-15-7-10-24(11-8-15)20-22-18(23-28-20)9-12-27-2/h3-6,15H,7-13H2,1-2H3. The SMILES string of the molecule is COCCc1nsc(N2CCC(Cn3c(C)nc4ccccc4c3=O)CC2)n1. The van der Waals surface area contributed by atoms with E-state index in [1.54, 1.807) is 7.11 Å². The van der Waals surface area contributed by atoms with Crippen LogP contribution in [0.1, 0.15) is 24.5 Å². The van der Waals surface area contributed by atoms with Crippen molar-refractivity contribution in [2.24, 2.45) is 5.92 Å². The van der Waals surface area contributed by atoms with Crippen LogP contribution in [-0.2, 0) is 17.7 Å². The first kappa shape index (κ1) is 19.0. The molecule has 0 bridgehead atoms. The van der Waals surface area contributed by atoms with Crippen LogP contribution in [0, 0.1) is 12.8 Å². The number of piperidine rings is 1. The van der Waals surface area contributed by atoms with Crippen molar-refractivity contribution in [3.8, 4) is 0 Å². The molecule has 2 aromatic heterocycles. The average molecular weight is 400 g/mol. The Bertz CT molecular complexity index is 1010. The highest BCUT2D eigenvalue weighted by Gasteiger charge is 2.23. The lowest BCUT2D eigenvalue weighted by atomic mass is 9.97. The molecule has 148 valence electrons. The Labute approximate surface area is 168 Å². The highest BCUT2D eigenvalue weighted by Crippen LogP contribution is 2.26. The van der Waals surface area contributed by atoms with Crippen molar-refractivity contribution in [2.75, 3.05) is 31.7 Å². The third-order valence-electron chi connectivity index (χ3n) is 5.37. The number of hydrogen-bond donors (Lipinski definition) is 0. The van der Waals surface area contributed by atoms with Crippen molar-refractivity contribution in [2.45, 2.75) is 32.7 Å². The number of aryl methyl sites for hydroxylation is 1. The number of hydrogen-bond acceptors (Lipinski definition) is 7. The Kier molecular flexibility index (Phi) is 5.68. The number of rotatable bonds is 6. The zero-order chi connectivity index (χ0) is 19.5. The number of ether oxygens (including phenoxy) is 1. The first-order valence-corrected chi connectivity index (χ1v) is 10.5. The molecule has 0 aliphatic carbocycles. The molecule has 4 rings (SSSR count). The van der Waals surface area contributed by atoms with Crippen LogP contribution in [0.4, 0.5) is 5.13 Å². The normalized spacial score (nSPS) is 15.4. The average Bonchev–Trinajstić information content (AvgIpc) is 3.19. The molecule has 1 aromatic carbocycles. The molecule has 0 saturated carbocycles. The van der Waals surface area contributed by atoms with Crippen LogP contribution in [0.5, 0.6) is 0 Å². The Morgan fingerprint density at radius 3 is 2.79 bits per heavy atom. The zero-order valence-electron chi connectivity index (χ0n) is 16.3. The number of methoxy groups -OCH3 is 1. The second-order valence-electron chi connectivity index (χ2n) is 7.26. The molecular weight excluding hydrogens is 374 g/mol. The predicted octanol–water partition coefficient (Wildman–Crippen LogP) is 2.66. The van der Waals surface area contributed by atoms with Crippen LogP contribution in [0.2, 0.25) is 0 Å². The van der Waals surface area contributed by atoms with Crippen LogP contribution >= 0.6 is 11.5 Å². The fourth-order valence-corrected chi connectivity index (χ4v) is 4.49. The van der Waals surface area contributed by atoms with E-state index in [0.29, 0.717) is 17.9 Å². The molecule has 0 atom stereocenters. The summed E-state index contributed by atoms with van der Waals surface area (Å²) < 4.78 is 11.4. The van der Waals surface area contributed by atoms with E-state index in [4.69, 9.17) is 4.74 Å². The summed E-state index contributed by atoms with van der Waals surface area (Å²) in [5.74, 6) is 2.11. The van der Waals surface area contributed by atoms with Gasteiger partial charge in [0.15, 0.2) is 0 Å². The van der Waals surface area contributed by atoms with Crippen LogP contribution in [0.15, 0.2) is 29.1 Å². The molecule has 28 heavy (non-hydrogen) atoms. The van der Waals surface area contributed by atoms with Gasteiger partial charge >= 0.3 is 0 Å². The first-order chi connectivity index (χ1) is 13.7. The van der Waals surface area contributed by atoms with E-state index >= 15 is 0 Å². The molecule has 1 aliphatic rings. The maximum absolute atomic E-state index is 12.9. The van der Waals surface area contributed by atoms with Gasteiger partial charge in [-0.2, -0.15) is 4.37 Å². The van der Waals surface area contributed by atoms with Gasteiger partial charge in [0.25, 0.3) is 5.56 Å². The van der Waals surface area contributed by atoms with E-state index in [9.17, 15) is 4.79 Å². The van der Waals surface area contributed by atoms with Gasteiger partial charge in [0.1, 0.15) is 11.6 Å². The van der Waals surface area contributed by atoms with Crippen LogP contribution < -0.4 is 10.5 Å². The van der Waals surface area contributed by atoms with Crippen molar-refractivity contribution in [1.29, 1.82) is 0 Å². The van der Waals surface area contributed by atoms with E-state index in [2.05, 4.69) is 19.2 Å². The minimum Gasteiger partial charge on any atom is -0.384 e. The number of anilines is 1. The van der Waals surface area contributed by atoms with Crippen molar-refractivity contribution >= 4 is 27.6 Å². The molecule has 0 amide bonds. The molecule has 3 aromatic rings. The van der Waals surface area contributed by atoms with E-state index in [0.717, 1.165) is 61.2 Å². The summed E-state index contributed by atoms with van der Waals surface area (Å²) in [6, 6.07) is 7.57. The van der Waals surface area contributed by atoms with Crippen molar-refractivity contribution < 1.29 is 4.74 Å². The minimum absolute atomic E-state index is 0.0671. The smallest absolute Gasteiger partial charge is 0.261 e. The van der Waals surface area contributed by atoms with Gasteiger partial charge in [-0.1, -0.05) is 12.1 Å². The monoisotopic (exact) mass is 399 g/mol. The van der Waals surface area contributed by atoms with Crippen LogP contribution in [-0.4, -0.2) is 45.7 Å². The fraction of sp³-hybridized carbons (Fsp3) is 0.500. The Morgan fingerprint density at radius 2 is 2.00 bits per heavy atom. The highest BCUT2D eigenvalue weighted by molar-refractivity contribution is 7.09. The van der Waals surface area contributed by atoms with E-state index in [-0.39, 0.29) is 5.56 Å². The second kappa shape index (κ2) is 8.36. The Balaban J connectivity index is 1.41. The summed E-state index contributed by atoms with van der Waals surface area (Å²) in [6.45, 7) is 5.18. The highest BCUT2D eigenvalue weighted by atomic mass is 32.1. The lowest BCUT2D eigenvalue weighted by molar-refractivity contribution is 0.201. The molecule has 1 fully saturated rings. The summed E-state index contributed by atoms with van der Waals surface area (Å²) in [5.41, 5.74) is 0.842. The molecule has 1 saturated heterocycles. The number of nitrogens with zero attached hydrogens (tertiary/aromatic N) is 5. The predicted molar refractivity (Wildman–Crippen MR) is 111 cm³/mol. The van der Waals surface area contributed by atoms with Crippen molar-refractivity contribution in [3.05, 3.63) is 46.3 Å². The number of fused-ring (bicyclic) bond motifs is 1. The third kappa shape index (κ3) is 3.93. The molecule has 0 spiro atoms. The summed E-state index contributed by atoms with van der Waals surface area (Å²) >= 11 is 1.46. The number of para-hydroxylation sites is 1. The zero-order valence-corrected chi connectivity index (χ0v) is 17.1. The lowest BCUT2D eigenvalue weighted by Gasteiger charge is -2.32. The maximum atomic E-state index is 12.9. The van der Waals surface area contributed by atoms with E-state index < -0.39 is 0 Å². The molecular formula is C20H25N5O2S. The molecule has 1 aliphatic heterocycles. The summed E-state index contributed by atoms with van der Waals surface area (Å²) in [7, 11) is 1.69. The Hall–Kier alpha value is -2.32. The largest absolute Gasteiger partial charge is 0.384 e. The molecule has 8 heteroatoms. The van der Waals surface area contributed by atoms with Crippen molar-refractivity contribution in [3.63, 3.8) is 0 Å². The molecule has 0 unspecified atom stereocenters. The summed E-state index contributed by atoms with van der Waals surface area (Å²) in [4.78, 5) is 24.4. The van der Waals surface area contributed by atoms with Gasteiger partial charge in [0.05, 0.1) is 17.5 Å². The Morgan fingerprint density at radius 1 is 1.21 bits per heavy atom. The van der Waals surface area contributed by atoms with Gasteiger partial charge in [-0.05, 0) is 37.8 Å². The van der Waals surface area contributed by atoms with Gasteiger partial charge in [-0.15, -0.1) is 0 Å². The summed E-state index contributed by atoms with van der Waals surface area (Å²) in [6.07, 6.45) is 2.82. The summed E-state index contributed by atoms with van der Waals surface area (Å²) in [5, 5.41) is 1.69. The van der Waals surface area contributed by atoms with E-state index in [1.165, 1.54) is 11.5 Å². The van der Waals surface area contributed by atoms with Crippen LogP contribution in [0.3, 0.4) is 0 Å². The van der Waals surface area contributed by atoms with Crippen LogP contribution in [0.25, 0.3) is 10.9 Å². The third-order valence-corrected chi connectivity index (χ3v) is 6.18. The second-order valence-corrected chi connectivity index (χ2v) is 7.99. The van der Waals surface area contributed by atoms with Gasteiger partial charge in [-0.25, -0.2) is 9.97 Å². The molecule has 3 heterocycles.